The molecule has 78 valence electrons. The Balaban J connectivity index is 2.70. The zero-order chi connectivity index (χ0) is 10.8. The smallest absolute Gasteiger partial charge is 0.324 e. The molecule has 0 saturated carbocycles. The fourth-order valence-corrected chi connectivity index (χ4v) is 1.09. The molecule has 1 atom stereocenters. The van der Waals surface area contributed by atoms with Gasteiger partial charge in [0.05, 0.1) is 6.42 Å². The van der Waals surface area contributed by atoms with Gasteiger partial charge in [-0.3, -0.25) is 0 Å². The summed E-state index contributed by atoms with van der Waals surface area (Å²) in [5.74, 6) is 0. The van der Waals surface area contributed by atoms with Gasteiger partial charge in [0.15, 0.2) is 0 Å². The molecule has 0 amide bonds. The van der Waals surface area contributed by atoms with Gasteiger partial charge in [0, 0.05) is 12.2 Å². The van der Waals surface area contributed by atoms with Gasteiger partial charge < -0.3 is 5.73 Å². The van der Waals surface area contributed by atoms with Gasteiger partial charge in [0.2, 0.25) is 0 Å². The Bertz CT molecular complexity index is 296. The van der Waals surface area contributed by atoms with Gasteiger partial charge in [-0.05, 0) is 11.6 Å². The predicted molar refractivity (Wildman–Crippen MR) is 46.8 cm³/mol. The Morgan fingerprint density at radius 3 is 2.50 bits per heavy atom. The normalized spacial score (nSPS) is 14.1. The predicted octanol–water partition coefficient (Wildman–Crippen LogP) is 2.69. The molecule has 2 N–H and O–H groups in total. The summed E-state index contributed by atoms with van der Waals surface area (Å²) in [5.41, 5.74) is 5.65. The Hall–Kier alpha value is -0.810. The van der Waals surface area contributed by atoms with Crippen LogP contribution in [0.1, 0.15) is 18.0 Å². The maximum absolute atomic E-state index is 11.9. The number of halogens is 4. The number of hydrogen-bond donors (Lipinski definition) is 1. The van der Waals surface area contributed by atoms with Crippen molar-refractivity contribution in [1.82, 2.24) is 4.98 Å². The van der Waals surface area contributed by atoms with E-state index in [1.807, 2.05) is 0 Å². The molecule has 0 spiro atoms. The van der Waals surface area contributed by atoms with E-state index in [0.717, 1.165) is 0 Å². The van der Waals surface area contributed by atoms with Crippen LogP contribution < -0.4 is 5.73 Å². The van der Waals surface area contributed by atoms with Crippen molar-refractivity contribution in [1.29, 1.82) is 0 Å². The molecule has 0 fully saturated rings. The lowest BCUT2D eigenvalue weighted by Gasteiger charge is -2.13. The lowest BCUT2D eigenvalue weighted by molar-refractivity contribution is -0.138. The molecule has 6 heteroatoms. The van der Waals surface area contributed by atoms with Crippen LogP contribution in [0.2, 0.25) is 5.15 Å². The van der Waals surface area contributed by atoms with E-state index in [-0.39, 0.29) is 5.15 Å². The van der Waals surface area contributed by atoms with Crippen molar-refractivity contribution in [2.24, 2.45) is 5.73 Å². The minimum Gasteiger partial charge on any atom is -0.324 e. The number of rotatable bonds is 2. The first-order valence-electron chi connectivity index (χ1n) is 3.82. The summed E-state index contributed by atoms with van der Waals surface area (Å²) in [7, 11) is 0. The summed E-state index contributed by atoms with van der Waals surface area (Å²) in [6.07, 6.45) is -4.08. The van der Waals surface area contributed by atoms with Gasteiger partial charge in [-0.15, -0.1) is 0 Å². The maximum Gasteiger partial charge on any atom is 0.390 e. The average molecular weight is 225 g/mol. The number of alkyl halides is 3. The monoisotopic (exact) mass is 224 g/mol. The molecule has 0 aliphatic heterocycles. The third-order valence-electron chi connectivity index (χ3n) is 1.63. The van der Waals surface area contributed by atoms with Gasteiger partial charge in [-0.1, -0.05) is 17.7 Å². The third-order valence-corrected chi connectivity index (χ3v) is 1.85. The standard InChI is InChI=1S/C8H8ClF3N2/c9-7-2-1-5(4-14-7)6(13)3-8(10,11)12/h1-2,4,6H,3,13H2/t6-/m0/s1. The highest BCUT2D eigenvalue weighted by Crippen LogP contribution is 2.27. The van der Waals surface area contributed by atoms with E-state index in [4.69, 9.17) is 17.3 Å². The van der Waals surface area contributed by atoms with Crippen molar-refractivity contribution in [3.8, 4) is 0 Å². The van der Waals surface area contributed by atoms with Crippen LogP contribution in [0.5, 0.6) is 0 Å². The van der Waals surface area contributed by atoms with Crippen LogP contribution in [0.25, 0.3) is 0 Å². The van der Waals surface area contributed by atoms with E-state index >= 15 is 0 Å². The van der Waals surface area contributed by atoms with Crippen LogP contribution in [0.3, 0.4) is 0 Å². The summed E-state index contributed by atoms with van der Waals surface area (Å²) < 4.78 is 35.8. The van der Waals surface area contributed by atoms with Gasteiger partial charge >= 0.3 is 6.18 Å². The first-order valence-corrected chi connectivity index (χ1v) is 4.20. The molecule has 0 aliphatic carbocycles. The summed E-state index contributed by atoms with van der Waals surface area (Å²) in [5, 5.41) is 0.230. The molecule has 0 aliphatic rings. The molecule has 0 bridgehead atoms. The second-order valence-electron chi connectivity index (χ2n) is 2.84. The fraction of sp³-hybridized carbons (Fsp3) is 0.375. The van der Waals surface area contributed by atoms with E-state index in [1.54, 1.807) is 0 Å². The average Bonchev–Trinajstić information content (AvgIpc) is 2.02. The SMILES string of the molecule is N[C@@H](CC(F)(F)F)c1ccc(Cl)nc1. The number of aromatic nitrogens is 1. The quantitative estimate of drug-likeness (QED) is 0.785. The van der Waals surface area contributed by atoms with Crippen molar-refractivity contribution in [2.75, 3.05) is 0 Å². The summed E-state index contributed by atoms with van der Waals surface area (Å²) in [4.78, 5) is 3.65. The highest BCUT2D eigenvalue weighted by molar-refractivity contribution is 6.29. The number of hydrogen-bond acceptors (Lipinski definition) is 2. The van der Waals surface area contributed by atoms with Crippen molar-refractivity contribution in [3.63, 3.8) is 0 Å². The number of nitrogens with two attached hydrogens (primary N) is 1. The lowest BCUT2D eigenvalue weighted by Crippen LogP contribution is -2.20. The molecular formula is C8H8ClF3N2. The van der Waals surface area contributed by atoms with Gasteiger partial charge in [0.25, 0.3) is 0 Å². The maximum atomic E-state index is 11.9. The Morgan fingerprint density at radius 2 is 2.07 bits per heavy atom. The van der Waals surface area contributed by atoms with Crippen molar-refractivity contribution < 1.29 is 13.2 Å². The fourth-order valence-electron chi connectivity index (χ4n) is 0.974. The molecule has 0 aromatic carbocycles. The summed E-state index contributed by atoms with van der Waals surface area (Å²) in [6.45, 7) is 0. The molecule has 1 aromatic heterocycles. The van der Waals surface area contributed by atoms with Crippen molar-refractivity contribution >= 4 is 11.6 Å². The largest absolute Gasteiger partial charge is 0.390 e. The Kier molecular flexibility index (Phi) is 3.34. The number of nitrogens with zero attached hydrogens (tertiary/aromatic N) is 1. The molecule has 0 saturated heterocycles. The van der Waals surface area contributed by atoms with Crippen LogP contribution >= 0.6 is 11.6 Å². The van der Waals surface area contributed by atoms with Crippen LogP contribution in [-0.4, -0.2) is 11.2 Å². The summed E-state index contributed by atoms with van der Waals surface area (Å²) in [6, 6.07) is 1.76. The molecule has 1 heterocycles. The van der Waals surface area contributed by atoms with Crippen molar-refractivity contribution in [2.45, 2.75) is 18.6 Å². The summed E-state index contributed by atoms with van der Waals surface area (Å²) >= 11 is 5.48. The van der Waals surface area contributed by atoms with Crippen LogP contribution in [0.4, 0.5) is 13.2 Å². The van der Waals surface area contributed by atoms with Crippen LogP contribution in [0.15, 0.2) is 18.3 Å². The highest BCUT2D eigenvalue weighted by atomic mass is 35.5. The molecular weight excluding hydrogens is 217 g/mol. The van der Waals surface area contributed by atoms with E-state index in [0.29, 0.717) is 5.56 Å². The topological polar surface area (TPSA) is 38.9 Å². The van der Waals surface area contributed by atoms with E-state index in [1.165, 1.54) is 18.3 Å². The zero-order valence-electron chi connectivity index (χ0n) is 7.05. The van der Waals surface area contributed by atoms with E-state index in [2.05, 4.69) is 4.98 Å². The first kappa shape index (κ1) is 11.3. The highest BCUT2D eigenvalue weighted by Gasteiger charge is 2.30. The van der Waals surface area contributed by atoms with Gasteiger partial charge in [-0.25, -0.2) is 4.98 Å². The second-order valence-corrected chi connectivity index (χ2v) is 3.23. The molecule has 1 rings (SSSR count). The molecule has 0 radical (unpaired) electrons. The van der Waals surface area contributed by atoms with Crippen molar-refractivity contribution in [3.05, 3.63) is 29.0 Å². The Morgan fingerprint density at radius 1 is 1.43 bits per heavy atom. The molecule has 0 unspecified atom stereocenters. The lowest BCUT2D eigenvalue weighted by atomic mass is 10.1. The van der Waals surface area contributed by atoms with Gasteiger partial charge in [0.1, 0.15) is 5.15 Å². The van der Waals surface area contributed by atoms with E-state index < -0.39 is 18.6 Å². The van der Waals surface area contributed by atoms with E-state index in [9.17, 15) is 13.2 Å². The van der Waals surface area contributed by atoms with Crippen LogP contribution in [-0.2, 0) is 0 Å². The second kappa shape index (κ2) is 4.14. The molecule has 2 nitrogen and oxygen atoms in total. The first-order chi connectivity index (χ1) is 6.38. The zero-order valence-corrected chi connectivity index (χ0v) is 7.81. The number of pyridine rings is 1. The Labute approximate surface area is 83.9 Å². The van der Waals surface area contributed by atoms with Gasteiger partial charge in [-0.2, -0.15) is 13.2 Å². The molecule has 1 aromatic rings. The molecule has 14 heavy (non-hydrogen) atoms. The van der Waals surface area contributed by atoms with Crippen LogP contribution in [0, 0.1) is 0 Å². The third kappa shape index (κ3) is 3.51. The minimum absolute atomic E-state index is 0.230. The minimum atomic E-state index is -4.26.